The minimum atomic E-state index is -0.836. The molecule has 3 aliphatic heterocycles. The van der Waals surface area contributed by atoms with Crippen LogP contribution >= 0.6 is 0 Å². The van der Waals surface area contributed by atoms with Gasteiger partial charge >= 0.3 is 6.03 Å². The van der Waals surface area contributed by atoms with Crippen LogP contribution in [0, 0.1) is 11.7 Å². The van der Waals surface area contributed by atoms with Crippen molar-refractivity contribution in [1.29, 1.82) is 0 Å². The highest BCUT2D eigenvalue weighted by atomic mass is 19.1. The second-order valence-electron chi connectivity index (χ2n) is 8.88. The SMILES string of the molecule is O=C(CC1NC(=O)N(CCc2cccc(F)c2)C1=O)NC[C@@H]1CCCN2CCCC[C@H]12. The van der Waals surface area contributed by atoms with E-state index in [4.69, 9.17) is 0 Å². The smallest absolute Gasteiger partial charge is 0.324 e. The Morgan fingerprint density at radius 2 is 2.00 bits per heavy atom. The van der Waals surface area contributed by atoms with E-state index in [9.17, 15) is 18.8 Å². The molecule has 31 heavy (non-hydrogen) atoms. The second-order valence-corrected chi connectivity index (χ2v) is 8.88. The maximum atomic E-state index is 13.3. The third-order valence-corrected chi connectivity index (χ3v) is 6.80. The minimum Gasteiger partial charge on any atom is -0.356 e. The van der Waals surface area contributed by atoms with E-state index in [0.717, 1.165) is 30.8 Å². The number of nitrogens with zero attached hydrogens (tertiary/aromatic N) is 2. The number of piperidine rings is 2. The lowest BCUT2D eigenvalue weighted by atomic mass is 9.83. The number of fused-ring (bicyclic) bond motifs is 1. The molecule has 1 unspecified atom stereocenters. The van der Waals surface area contributed by atoms with Gasteiger partial charge in [-0.05, 0) is 68.8 Å². The van der Waals surface area contributed by atoms with Gasteiger partial charge in [-0.2, -0.15) is 0 Å². The number of imide groups is 1. The number of halogens is 1. The molecule has 3 aliphatic rings. The quantitative estimate of drug-likeness (QED) is 0.649. The summed E-state index contributed by atoms with van der Waals surface area (Å²) in [4.78, 5) is 41.0. The summed E-state index contributed by atoms with van der Waals surface area (Å²) in [5.74, 6) is -0.501. The Balaban J connectivity index is 1.24. The molecule has 3 fully saturated rings. The molecule has 0 spiro atoms. The van der Waals surface area contributed by atoms with Gasteiger partial charge in [0, 0.05) is 19.1 Å². The normalized spacial score (nSPS) is 26.5. The molecule has 4 amide bonds. The van der Waals surface area contributed by atoms with Crippen LogP contribution in [-0.2, 0) is 16.0 Å². The summed E-state index contributed by atoms with van der Waals surface area (Å²) in [7, 11) is 0. The predicted octanol–water partition coefficient (Wildman–Crippen LogP) is 2.06. The van der Waals surface area contributed by atoms with Crippen molar-refractivity contribution in [3.05, 3.63) is 35.6 Å². The molecule has 3 saturated heterocycles. The molecule has 0 aliphatic carbocycles. The van der Waals surface area contributed by atoms with E-state index < -0.39 is 18.0 Å². The van der Waals surface area contributed by atoms with Crippen molar-refractivity contribution in [3.63, 3.8) is 0 Å². The average Bonchev–Trinajstić information content (AvgIpc) is 3.03. The number of nitrogens with one attached hydrogen (secondary N) is 2. The first kappa shape index (κ1) is 21.7. The molecule has 4 rings (SSSR count). The van der Waals surface area contributed by atoms with E-state index in [1.54, 1.807) is 12.1 Å². The summed E-state index contributed by atoms with van der Waals surface area (Å²) in [5, 5.41) is 5.61. The van der Waals surface area contributed by atoms with Crippen molar-refractivity contribution in [2.45, 2.75) is 57.0 Å². The molecular weight excluding hydrogens is 399 g/mol. The maximum Gasteiger partial charge on any atom is 0.324 e. The van der Waals surface area contributed by atoms with Crippen molar-refractivity contribution in [1.82, 2.24) is 20.4 Å². The van der Waals surface area contributed by atoms with Gasteiger partial charge in [0.2, 0.25) is 5.91 Å². The standard InChI is InChI=1S/C23H31FN4O3/c24-18-7-3-5-16(13-18)9-12-28-22(30)19(26-23(28)31)14-21(29)25-15-17-6-4-11-27-10-2-1-8-20(17)27/h3,5,7,13,17,19-20H,1-2,4,6,8-12,14-15H2,(H,25,29)(H,26,31)/t17-,19?,20+/m0/s1. The van der Waals surface area contributed by atoms with Gasteiger partial charge in [0.05, 0.1) is 6.42 Å². The highest BCUT2D eigenvalue weighted by molar-refractivity contribution is 6.05. The third-order valence-electron chi connectivity index (χ3n) is 6.80. The number of carbonyl (C=O) groups is 3. The Hall–Kier alpha value is -2.48. The highest BCUT2D eigenvalue weighted by Gasteiger charge is 2.39. The van der Waals surface area contributed by atoms with Crippen molar-refractivity contribution in [2.75, 3.05) is 26.2 Å². The first-order valence-corrected chi connectivity index (χ1v) is 11.4. The fourth-order valence-electron chi connectivity index (χ4n) is 5.18. The molecule has 168 valence electrons. The summed E-state index contributed by atoms with van der Waals surface area (Å²) in [6.45, 7) is 3.09. The second kappa shape index (κ2) is 9.77. The molecule has 8 heteroatoms. The average molecular weight is 431 g/mol. The van der Waals surface area contributed by atoms with Crippen LogP contribution in [0.25, 0.3) is 0 Å². The monoisotopic (exact) mass is 430 g/mol. The van der Waals surface area contributed by atoms with Crippen molar-refractivity contribution < 1.29 is 18.8 Å². The van der Waals surface area contributed by atoms with Gasteiger partial charge in [-0.3, -0.25) is 14.5 Å². The zero-order valence-electron chi connectivity index (χ0n) is 17.8. The van der Waals surface area contributed by atoms with Crippen LogP contribution in [0.1, 0.15) is 44.1 Å². The van der Waals surface area contributed by atoms with Gasteiger partial charge in [-0.1, -0.05) is 18.6 Å². The molecule has 0 saturated carbocycles. The lowest BCUT2D eigenvalue weighted by Gasteiger charge is -2.44. The molecule has 0 bridgehead atoms. The van der Waals surface area contributed by atoms with Crippen LogP contribution < -0.4 is 10.6 Å². The highest BCUT2D eigenvalue weighted by Crippen LogP contribution is 2.30. The molecule has 0 aromatic heterocycles. The topological polar surface area (TPSA) is 81.8 Å². The van der Waals surface area contributed by atoms with Gasteiger partial charge in [-0.25, -0.2) is 9.18 Å². The number of hydrogen-bond donors (Lipinski definition) is 2. The lowest BCUT2D eigenvalue weighted by Crippen LogP contribution is -2.51. The number of hydrogen-bond acceptors (Lipinski definition) is 4. The zero-order valence-corrected chi connectivity index (χ0v) is 17.8. The van der Waals surface area contributed by atoms with Gasteiger partial charge in [0.25, 0.3) is 5.91 Å². The van der Waals surface area contributed by atoms with Crippen LogP contribution in [0.2, 0.25) is 0 Å². The summed E-state index contributed by atoms with van der Waals surface area (Å²) in [5.41, 5.74) is 0.714. The van der Waals surface area contributed by atoms with Crippen molar-refractivity contribution in [2.24, 2.45) is 5.92 Å². The van der Waals surface area contributed by atoms with Crippen molar-refractivity contribution >= 4 is 17.8 Å². The lowest BCUT2D eigenvalue weighted by molar-refractivity contribution is -0.131. The number of rotatable bonds is 7. The van der Waals surface area contributed by atoms with Crippen LogP contribution in [0.15, 0.2) is 24.3 Å². The summed E-state index contributed by atoms with van der Waals surface area (Å²) >= 11 is 0. The Kier molecular flexibility index (Phi) is 6.85. The zero-order chi connectivity index (χ0) is 21.8. The number of urea groups is 1. The number of benzene rings is 1. The van der Waals surface area contributed by atoms with Crippen LogP contribution in [0.4, 0.5) is 9.18 Å². The van der Waals surface area contributed by atoms with E-state index in [2.05, 4.69) is 15.5 Å². The molecule has 3 atom stereocenters. The fraction of sp³-hybridized carbons (Fsp3) is 0.609. The van der Waals surface area contributed by atoms with E-state index >= 15 is 0 Å². The number of amides is 4. The first-order chi connectivity index (χ1) is 15.0. The van der Waals surface area contributed by atoms with E-state index in [1.165, 1.54) is 31.4 Å². The van der Waals surface area contributed by atoms with E-state index in [-0.39, 0.29) is 24.7 Å². The molecule has 2 N–H and O–H groups in total. The minimum absolute atomic E-state index is 0.0534. The van der Waals surface area contributed by atoms with Crippen molar-refractivity contribution in [3.8, 4) is 0 Å². The van der Waals surface area contributed by atoms with Gasteiger partial charge in [0.15, 0.2) is 0 Å². The molecule has 1 aromatic rings. The Morgan fingerprint density at radius 1 is 1.16 bits per heavy atom. The van der Waals surface area contributed by atoms with Crippen LogP contribution in [0.5, 0.6) is 0 Å². The van der Waals surface area contributed by atoms with Gasteiger partial charge < -0.3 is 15.5 Å². The van der Waals surface area contributed by atoms with E-state index in [0.29, 0.717) is 30.5 Å². The molecule has 3 heterocycles. The summed E-state index contributed by atoms with van der Waals surface area (Å²) < 4.78 is 13.3. The Morgan fingerprint density at radius 3 is 2.84 bits per heavy atom. The van der Waals surface area contributed by atoms with Gasteiger partial charge in [0.1, 0.15) is 11.9 Å². The first-order valence-electron chi connectivity index (χ1n) is 11.4. The van der Waals surface area contributed by atoms with Crippen LogP contribution in [0.3, 0.4) is 0 Å². The number of carbonyl (C=O) groups excluding carboxylic acids is 3. The van der Waals surface area contributed by atoms with Gasteiger partial charge in [-0.15, -0.1) is 0 Å². The Bertz CT molecular complexity index is 831. The summed E-state index contributed by atoms with van der Waals surface area (Å²) in [6.07, 6.45) is 6.30. The van der Waals surface area contributed by atoms with Crippen LogP contribution in [-0.4, -0.2) is 65.9 Å². The Labute approximate surface area is 182 Å². The third kappa shape index (κ3) is 5.23. The fourth-order valence-corrected chi connectivity index (χ4v) is 5.18. The predicted molar refractivity (Wildman–Crippen MR) is 114 cm³/mol. The summed E-state index contributed by atoms with van der Waals surface area (Å²) in [6, 6.07) is 5.32. The molecule has 0 radical (unpaired) electrons. The molecule has 7 nitrogen and oxygen atoms in total. The maximum absolute atomic E-state index is 13.3. The molecular formula is C23H31FN4O3. The molecule has 1 aromatic carbocycles. The van der Waals surface area contributed by atoms with E-state index in [1.807, 2.05) is 0 Å². The largest absolute Gasteiger partial charge is 0.356 e.